The molecule has 1 saturated heterocycles. The van der Waals surface area contributed by atoms with E-state index in [4.69, 9.17) is 0 Å². The zero-order chi connectivity index (χ0) is 13.0. The van der Waals surface area contributed by atoms with Crippen LogP contribution in [0.1, 0.15) is 32.6 Å². The van der Waals surface area contributed by atoms with Crippen molar-refractivity contribution in [2.45, 2.75) is 44.7 Å². The molecule has 1 amide bonds. The molecule has 1 rings (SSSR count). The van der Waals surface area contributed by atoms with Gasteiger partial charge >= 0.3 is 5.97 Å². The van der Waals surface area contributed by atoms with Crippen LogP contribution in [-0.2, 0) is 9.59 Å². The fraction of sp³-hybridized carbons (Fsp3) is 0.833. The lowest BCUT2D eigenvalue weighted by Crippen LogP contribution is -2.51. The standard InChI is InChI=1S/C12H22N2O3/c1-9(11(15)13(2)3)14-8-6-4-5-7-10(14)12(16)17/h9-10H,4-8H2,1-3H3,(H,16,17). The van der Waals surface area contributed by atoms with Gasteiger partial charge in [-0.3, -0.25) is 14.5 Å². The molecule has 0 aromatic rings. The molecule has 0 aromatic heterocycles. The molecule has 2 unspecified atom stereocenters. The number of carbonyl (C=O) groups excluding carboxylic acids is 1. The molecule has 1 N–H and O–H groups in total. The van der Waals surface area contributed by atoms with E-state index in [1.54, 1.807) is 21.0 Å². The lowest BCUT2D eigenvalue weighted by Gasteiger charge is -2.33. The summed E-state index contributed by atoms with van der Waals surface area (Å²) in [4.78, 5) is 26.5. The van der Waals surface area contributed by atoms with Crippen LogP contribution in [0.4, 0.5) is 0 Å². The van der Waals surface area contributed by atoms with Crippen molar-refractivity contribution in [2.24, 2.45) is 0 Å². The number of likely N-dealkylation sites (tertiary alicyclic amines) is 1. The van der Waals surface area contributed by atoms with Crippen LogP contribution in [0.3, 0.4) is 0 Å². The van der Waals surface area contributed by atoms with Gasteiger partial charge in [0.05, 0.1) is 6.04 Å². The van der Waals surface area contributed by atoms with E-state index < -0.39 is 12.0 Å². The molecule has 0 aromatic carbocycles. The van der Waals surface area contributed by atoms with E-state index in [1.165, 1.54) is 4.90 Å². The third-order valence-corrected chi connectivity index (χ3v) is 3.37. The molecule has 0 bridgehead atoms. The van der Waals surface area contributed by atoms with Crippen LogP contribution in [0, 0.1) is 0 Å². The van der Waals surface area contributed by atoms with Gasteiger partial charge < -0.3 is 10.0 Å². The van der Waals surface area contributed by atoms with Crippen LogP contribution in [0.25, 0.3) is 0 Å². The molecule has 1 aliphatic heterocycles. The van der Waals surface area contributed by atoms with Gasteiger partial charge in [-0.2, -0.15) is 0 Å². The second-order valence-corrected chi connectivity index (χ2v) is 4.85. The average molecular weight is 242 g/mol. The second-order valence-electron chi connectivity index (χ2n) is 4.85. The van der Waals surface area contributed by atoms with Crippen LogP contribution in [0.15, 0.2) is 0 Å². The first-order chi connectivity index (χ1) is 7.95. The highest BCUT2D eigenvalue weighted by Crippen LogP contribution is 2.20. The van der Waals surface area contributed by atoms with Crippen molar-refractivity contribution in [3.05, 3.63) is 0 Å². The first-order valence-electron chi connectivity index (χ1n) is 6.15. The number of rotatable bonds is 3. The highest BCUT2D eigenvalue weighted by atomic mass is 16.4. The summed E-state index contributed by atoms with van der Waals surface area (Å²) in [5.41, 5.74) is 0. The van der Waals surface area contributed by atoms with Crippen LogP contribution in [0.2, 0.25) is 0 Å². The average Bonchev–Trinajstić information content (AvgIpc) is 2.51. The summed E-state index contributed by atoms with van der Waals surface area (Å²) >= 11 is 0. The predicted octanol–water partition coefficient (Wildman–Crippen LogP) is 0.792. The van der Waals surface area contributed by atoms with Gasteiger partial charge in [0.1, 0.15) is 6.04 Å². The van der Waals surface area contributed by atoms with Crippen LogP contribution < -0.4 is 0 Å². The molecule has 5 nitrogen and oxygen atoms in total. The van der Waals surface area contributed by atoms with Crippen molar-refractivity contribution >= 4 is 11.9 Å². The Hall–Kier alpha value is -1.10. The van der Waals surface area contributed by atoms with Crippen LogP contribution in [0.5, 0.6) is 0 Å². The summed E-state index contributed by atoms with van der Waals surface area (Å²) in [6.45, 7) is 2.49. The van der Waals surface area contributed by atoms with E-state index >= 15 is 0 Å². The number of aliphatic carboxylic acids is 1. The van der Waals surface area contributed by atoms with E-state index in [1.807, 2.05) is 4.90 Å². The largest absolute Gasteiger partial charge is 0.480 e. The third kappa shape index (κ3) is 3.43. The Bertz CT molecular complexity index is 291. The Balaban J connectivity index is 2.81. The maximum absolute atomic E-state index is 11.9. The molecule has 1 aliphatic rings. The summed E-state index contributed by atoms with van der Waals surface area (Å²) in [7, 11) is 3.40. The Morgan fingerprint density at radius 3 is 2.47 bits per heavy atom. The van der Waals surface area contributed by atoms with E-state index in [-0.39, 0.29) is 11.9 Å². The molecule has 1 fully saturated rings. The number of carbonyl (C=O) groups is 2. The highest BCUT2D eigenvalue weighted by Gasteiger charge is 2.33. The van der Waals surface area contributed by atoms with Gasteiger partial charge in [-0.15, -0.1) is 0 Å². The van der Waals surface area contributed by atoms with Crippen molar-refractivity contribution in [1.82, 2.24) is 9.80 Å². The summed E-state index contributed by atoms with van der Waals surface area (Å²) in [5, 5.41) is 9.24. The zero-order valence-corrected chi connectivity index (χ0v) is 10.8. The molecule has 0 aliphatic carbocycles. The number of hydrogen-bond acceptors (Lipinski definition) is 3. The number of hydrogen-bond donors (Lipinski definition) is 1. The minimum atomic E-state index is -0.815. The maximum Gasteiger partial charge on any atom is 0.320 e. The summed E-state index contributed by atoms with van der Waals surface area (Å²) in [5.74, 6) is -0.844. The second kappa shape index (κ2) is 6.00. The topological polar surface area (TPSA) is 60.9 Å². The van der Waals surface area contributed by atoms with E-state index in [0.717, 1.165) is 19.3 Å². The van der Waals surface area contributed by atoms with E-state index in [2.05, 4.69) is 0 Å². The molecular weight excluding hydrogens is 220 g/mol. The van der Waals surface area contributed by atoms with Crippen molar-refractivity contribution in [1.29, 1.82) is 0 Å². The molecule has 1 heterocycles. The number of likely N-dealkylation sites (N-methyl/N-ethyl adjacent to an activating group) is 1. The molecule has 2 atom stereocenters. The Labute approximate surface area is 102 Å². The predicted molar refractivity (Wildman–Crippen MR) is 64.8 cm³/mol. The molecular formula is C12H22N2O3. The first kappa shape index (κ1) is 14.0. The van der Waals surface area contributed by atoms with Crippen molar-refractivity contribution in [3.8, 4) is 0 Å². The Kier molecular flexibility index (Phi) is 4.93. The molecule has 0 spiro atoms. The lowest BCUT2D eigenvalue weighted by atomic mass is 10.1. The van der Waals surface area contributed by atoms with Gasteiger partial charge in [0.2, 0.25) is 5.91 Å². The van der Waals surface area contributed by atoms with Gasteiger partial charge in [-0.1, -0.05) is 12.8 Å². The van der Waals surface area contributed by atoms with Gasteiger partial charge in [0.15, 0.2) is 0 Å². The minimum absolute atomic E-state index is 0.0295. The summed E-state index contributed by atoms with van der Waals surface area (Å²) < 4.78 is 0. The SMILES string of the molecule is CC(C(=O)N(C)C)N1CCCCCC1C(=O)O. The lowest BCUT2D eigenvalue weighted by molar-refractivity contribution is -0.146. The van der Waals surface area contributed by atoms with Crippen molar-refractivity contribution in [3.63, 3.8) is 0 Å². The zero-order valence-electron chi connectivity index (χ0n) is 10.8. The smallest absolute Gasteiger partial charge is 0.320 e. The number of carboxylic acid groups (broad SMARTS) is 1. The monoisotopic (exact) mass is 242 g/mol. The van der Waals surface area contributed by atoms with Gasteiger partial charge in [-0.05, 0) is 26.3 Å². The number of nitrogens with zero attached hydrogens (tertiary/aromatic N) is 2. The normalized spacial score (nSPS) is 23.8. The summed E-state index contributed by atoms with van der Waals surface area (Å²) in [6, 6.07) is -0.874. The quantitative estimate of drug-likeness (QED) is 0.795. The summed E-state index contributed by atoms with van der Waals surface area (Å²) in [6.07, 6.45) is 3.58. The first-order valence-corrected chi connectivity index (χ1v) is 6.15. The molecule has 5 heteroatoms. The van der Waals surface area contributed by atoms with E-state index in [0.29, 0.717) is 13.0 Å². The number of amides is 1. The van der Waals surface area contributed by atoms with Crippen molar-refractivity contribution < 1.29 is 14.7 Å². The van der Waals surface area contributed by atoms with Gasteiger partial charge in [-0.25, -0.2) is 0 Å². The molecule has 0 radical (unpaired) electrons. The third-order valence-electron chi connectivity index (χ3n) is 3.37. The molecule has 98 valence electrons. The van der Waals surface area contributed by atoms with Crippen LogP contribution >= 0.6 is 0 Å². The fourth-order valence-electron chi connectivity index (χ4n) is 2.37. The minimum Gasteiger partial charge on any atom is -0.480 e. The van der Waals surface area contributed by atoms with Gasteiger partial charge in [0, 0.05) is 14.1 Å². The Morgan fingerprint density at radius 2 is 1.94 bits per heavy atom. The van der Waals surface area contributed by atoms with Crippen LogP contribution in [-0.4, -0.2) is 59.5 Å². The highest BCUT2D eigenvalue weighted by molar-refractivity contribution is 5.82. The van der Waals surface area contributed by atoms with Crippen molar-refractivity contribution in [2.75, 3.05) is 20.6 Å². The molecule has 17 heavy (non-hydrogen) atoms. The van der Waals surface area contributed by atoms with Gasteiger partial charge in [0.25, 0.3) is 0 Å². The molecule has 0 saturated carbocycles. The Morgan fingerprint density at radius 1 is 1.29 bits per heavy atom. The fourth-order valence-corrected chi connectivity index (χ4v) is 2.37. The van der Waals surface area contributed by atoms with E-state index in [9.17, 15) is 14.7 Å². The number of carboxylic acids is 1. The maximum atomic E-state index is 11.9.